The highest BCUT2D eigenvalue weighted by Crippen LogP contribution is 2.30. The highest BCUT2D eigenvalue weighted by molar-refractivity contribution is 8.00. The topological polar surface area (TPSA) is 113 Å². The van der Waals surface area contributed by atoms with E-state index < -0.39 is 16.2 Å². The average Bonchev–Trinajstić information content (AvgIpc) is 2.70. The van der Waals surface area contributed by atoms with Crippen molar-refractivity contribution in [2.75, 3.05) is 0 Å². The van der Waals surface area contributed by atoms with Crippen molar-refractivity contribution in [3.63, 3.8) is 0 Å². The van der Waals surface area contributed by atoms with Gasteiger partial charge in [-0.15, -0.1) is 11.8 Å². The summed E-state index contributed by atoms with van der Waals surface area (Å²) in [6.07, 6.45) is 0.870. The number of aromatic nitrogens is 4. The Kier molecular flexibility index (Phi) is 5.32. The molecule has 0 fully saturated rings. The number of non-ortho nitro benzene ring substituents is 1. The molecule has 28 heavy (non-hydrogen) atoms. The number of benzene rings is 1. The second kappa shape index (κ2) is 7.55. The van der Waals surface area contributed by atoms with E-state index in [1.54, 1.807) is 19.2 Å². The Hall–Kier alpha value is -3.01. The van der Waals surface area contributed by atoms with Crippen LogP contribution in [0.1, 0.15) is 20.3 Å². The minimum absolute atomic E-state index is 0.0417. The van der Waals surface area contributed by atoms with Gasteiger partial charge in [0.25, 0.3) is 11.2 Å². The summed E-state index contributed by atoms with van der Waals surface area (Å²) in [5.74, 6) is 0.302. The second-order valence-corrected chi connectivity index (χ2v) is 7.82. The van der Waals surface area contributed by atoms with Crippen LogP contribution in [-0.4, -0.2) is 29.3 Å². The summed E-state index contributed by atoms with van der Waals surface area (Å²) < 4.78 is 2.35. The lowest BCUT2D eigenvalue weighted by atomic mass is 10.2. The molecule has 0 aliphatic heterocycles. The lowest BCUT2D eigenvalue weighted by Crippen LogP contribution is -2.37. The Bertz CT molecular complexity index is 1180. The van der Waals surface area contributed by atoms with Gasteiger partial charge in [0.05, 0.1) is 4.92 Å². The van der Waals surface area contributed by atoms with Crippen LogP contribution in [0.2, 0.25) is 0 Å². The van der Waals surface area contributed by atoms with Crippen molar-refractivity contribution >= 4 is 28.5 Å². The molecule has 10 heteroatoms. The smallest absolute Gasteiger partial charge is 0.280 e. The fourth-order valence-corrected chi connectivity index (χ4v) is 3.63. The Morgan fingerprint density at radius 3 is 2.36 bits per heavy atom. The predicted octanol–water partition coefficient (Wildman–Crippen LogP) is 2.49. The molecule has 0 bridgehead atoms. The van der Waals surface area contributed by atoms with Crippen LogP contribution < -0.4 is 11.2 Å². The summed E-state index contributed by atoms with van der Waals surface area (Å²) in [7, 11) is 2.97. The number of aryl methyl sites for hydroxylation is 1. The van der Waals surface area contributed by atoms with Gasteiger partial charge in [0, 0.05) is 37.0 Å². The first-order chi connectivity index (χ1) is 13.2. The molecule has 3 rings (SSSR count). The lowest BCUT2D eigenvalue weighted by Gasteiger charge is -2.14. The third-order valence-electron chi connectivity index (χ3n) is 4.49. The maximum absolute atomic E-state index is 12.7. The van der Waals surface area contributed by atoms with Crippen molar-refractivity contribution in [1.82, 2.24) is 19.1 Å². The number of fused-ring (bicyclic) bond motifs is 1. The summed E-state index contributed by atoms with van der Waals surface area (Å²) in [4.78, 5) is 44.5. The first-order valence-electron chi connectivity index (χ1n) is 8.63. The fraction of sp³-hybridized carbons (Fsp3) is 0.333. The molecule has 0 aliphatic rings. The molecule has 0 saturated heterocycles. The van der Waals surface area contributed by atoms with Gasteiger partial charge in [0.15, 0.2) is 11.5 Å². The van der Waals surface area contributed by atoms with E-state index in [9.17, 15) is 19.7 Å². The molecule has 146 valence electrons. The van der Waals surface area contributed by atoms with Crippen LogP contribution in [0.15, 0.2) is 38.9 Å². The van der Waals surface area contributed by atoms with Crippen LogP contribution in [0.3, 0.4) is 0 Å². The molecule has 0 radical (unpaired) electrons. The number of hydrogen-bond donors (Lipinski definition) is 0. The summed E-state index contributed by atoms with van der Waals surface area (Å²) in [5, 5.41) is 11.9. The molecule has 2 aromatic heterocycles. The molecule has 0 saturated carbocycles. The highest BCUT2D eigenvalue weighted by atomic mass is 32.2. The lowest BCUT2D eigenvalue weighted by molar-refractivity contribution is -0.384. The van der Waals surface area contributed by atoms with E-state index in [2.05, 4.69) is 9.97 Å². The van der Waals surface area contributed by atoms with Crippen LogP contribution >= 0.6 is 11.8 Å². The largest absolute Gasteiger partial charge is 0.332 e. The zero-order valence-corrected chi connectivity index (χ0v) is 16.7. The zero-order chi connectivity index (χ0) is 20.6. The zero-order valence-electron chi connectivity index (χ0n) is 15.9. The Morgan fingerprint density at radius 1 is 1.14 bits per heavy atom. The van der Waals surface area contributed by atoms with E-state index in [0.717, 1.165) is 11.0 Å². The van der Waals surface area contributed by atoms with Crippen molar-refractivity contribution in [2.24, 2.45) is 14.1 Å². The first-order valence-corrected chi connectivity index (χ1v) is 9.51. The van der Waals surface area contributed by atoms with E-state index in [1.807, 2.05) is 13.8 Å². The molecule has 0 amide bonds. The Labute approximate surface area is 164 Å². The summed E-state index contributed by atoms with van der Waals surface area (Å²) in [6, 6.07) is 5.84. The van der Waals surface area contributed by atoms with E-state index in [4.69, 9.17) is 0 Å². The van der Waals surface area contributed by atoms with Gasteiger partial charge < -0.3 is 0 Å². The molecular formula is C18H19N5O4S. The number of thioether (sulfide) groups is 1. The van der Waals surface area contributed by atoms with Crippen LogP contribution in [0.25, 0.3) is 22.4 Å². The molecule has 3 aromatic rings. The van der Waals surface area contributed by atoms with Gasteiger partial charge in [-0.3, -0.25) is 24.0 Å². The van der Waals surface area contributed by atoms with Gasteiger partial charge in [-0.05, 0) is 18.6 Å². The Morgan fingerprint density at radius 2 is 1.79 bits per heavy atom. The van der Waals surface area contributed by atoms with Crippen LogP contribution in [0.5, 0.6) is 0 Å². The molecule has 0 aliphatic carbocycles. The fourth-order valence-electron chi connectivity index (χ4n) is 2.65. The van der Waals surface area contributed by atoms with Crippen molar-refractivity contribution in [2.45, 2.75) is 30.5 Å². The van der Waals surface area contributed by atoms with Gasteiger partial charge in [-0.25, -0.2) is 14.8 Å². The molecule has 0 spiro atoms. The van der Waals surface area contributed by atoms with Crippen molar-refractivity contribution in [1.29, 1.82) is 0 Å². The molecule has 0 unspecified atom stereocenters. The highest BCUT2D eigenvalue weighted by Gasteiger charge is 2.19. The first kappa shape index (κ1) is 19.7. The summed E-state index contributed by atoms with van der Waals surface area (Å²) in [5.41, 5.74) is -0.168. The van der Waals surface area contributed by atoms with Crippen LogP contribution in [0.4, 0.5) is 5.69 Å². The minimum atomic E-state index is -0.483. The minimum Gasteiger partial charge on any atom is -0.280 e. The van der Waals surface area contributed by atoms with Gasteiger partial charge in [0.1, 0.15) is 10.4 Å². The maximum Gasteiger partial charge on any atom is 0.332 e. The van der Waals surface area contributed by atoms with Crippen molar-refractivity contribution < 1.29 is 4.92 Å². The van der Waals surface area contributed by atoms with Gasteiger partial charge in [-0.1, -0.05) is 13.8 Å². The van der Waals surface area contributed by atoms with E-state index >= 15 is 0 Å². The standard InChI is InChI=1S/C18H19N5O4S/c1-5-10(2)28-16-13-15(21(3)18(25)22(4)17(13)24)19-14(20-16)11-6-8-12(9-7-11)23(26)27/h6-10H,5H2,1-4H3/t10-/m0/s1. The number of hydrogen-bond acceptors (Lipinski definition) is 7. The molecule has 1 atom stereocenters. The maximum atomic E-state index is 12.7. The average molecular weight is 401 g/mol. The normalized spacial score (nSPS) is 12.3. The molecular weight excluding hydrogens is 382 g/mol. The van der Waals surface area contributed by atoms with E-state index in [-0.39, 0.29) is 16.6 Å². The number of rotatable bonds is 5. The molecule has 2 heterocycles. The van der Waals surface area contributed by atoms with Crippen molar-refractivity contribution in [3.05, 3.63) is 55.2 Å². The van der Waals surface area contributed by atoms with E-state index in [1.165, 1.54) is 35.5 Å². The van der Waals surface area contributed by atoms with Crippen molar-refractivity contribution in [3.8, 4) is 11.4 Å². The van der Waals surface area contributed by atoms with Gasteiger partial charge in [-0.2, -0.15) is 0 Å². The molecule has 1 aromatic carbocycles. The third-order valence-corrected chi connectivity index (χ3v) is 5.75. The quantitative estimate of drug-likeness (QED) is 0.279. The van der Waals surface area contributed by atoms with E-state index in [0.29, 0.717) is 21.8 Å². The third kappa shape index (κ3) is 3.42. The number of nitrogens with zero attached hydrogens (tertiary/aromatic N) is 5. The van der Waals surface area contributed by atoms with Crippen LogP contribution in [-0.2, 0) is 14.1 Å². The summed E-state index contributed by atoms with van der Waals surface area (Å²) >= 11 is 1.44. The monoisotopic (exact) mass is 401 g/mol. The van der Waals surface area contributed by atoms with Gasteiger partial charge in [0.2, 0.25) is 0 Å². The number of nitro benzene ring substituents is 1. The predicted molar refractivity (Wildman–Crippen MR) is 108 cm³/mol. The van der Waals surface area contributed by atoms with Crippen LogP contribution in [0, 0.1) is 10.1 Å². The second-order valence-electron chi connectivity index (χ2n) is 6.40. The Balaban J connectivity index is 2.32. The number of nitro groups is 1. The van der Waals surface area contributed by atoms with Gasteiger partial charge >= 0.3 is 5.69 Å². The SMILES string of the molecule is CC[C@H](C)Sc1nc(-c2ccc([N+](=O)[O-])cc2)nc2c1c(=O)n(C)c(=O)n2C. The molecule has 9 nitrogen and oxygen atoms in total. The summed E-state index contributed by atoms with van der Waals surface area (Å²) in [6.45, 7) is 4.06. The molecule has 0 N–H and O–H groups in total.